The van der Waals surface area contributed by atoms with E-state index in [1.54, 1.807) is 23.1 Å². The van der Waals surface area contributed by atoms with Gasteiger partial charge in [-0.15, -0.1) is 0 Å². The molecule has 7 nitrogen and oxygen atoms in total. The largest absolute Gasteiger partial charge is 0.452 e. The van der Waals surface area contributed by atoms with Crippen LogP contribution in [0.3, 0.4) is 0 Å². The third-order valence-electron chi connectivity index (χ3n) is 5.12. The van der Waals surface area contributed by atoms with E-state index in [2.05, 4.69) is 13.8 Å². The summed E-state index contributed by atoms with van der Waals surface area (Å²) in [6.07, 6.45) is 2.81. The standard InChI is InChI=1S/C19H26N2O5S/c1-13-8-14(2)11-20(10-13)18(22)12-26-19(23)16-4-5-17-15(9-16)6-7-21(17)27(3,24)25/h4-5,9,13-14H,6-8,10-12H2,1-3H3/t13-,14+. The van der Waals surface area contributed by atoms with Gasteiger partial charge in [-0.05, 0) is 48.4 Å². The maximum absolute atomic E-state index is 12.3. The second-order valence-electron chi connectivity index (χ2n) is 7.75. The van der Waals surface area contributed by atoms with Crippen LogP contribution in [0.25, 0.3) is 0 Å². The molecule has 0 aliphatic carbocycles. The normalized spacial score (nSPS) is 22.5. The number of amides is 1. The number of sulfonamides is 1. The first-order valence-electron chi connectivity index (χ1n) is 9.20. The Bertz CT molecular complexity index is 842. The third-order valence-corrected chi connectivity index (χ3v) is 6.30. The van der Waals surface area contributed by atoms with Crippen LogP contribution in [0, 0.1) is 11.8 Å². The lowest BCUT2D eigenvalue weighted by atomic mass is 9.92. The monoisotopic (exact) mass is 394 g/mol. The van der Waals surface area contributed by atoms with Crippen LogP contribution in [-0.2, 0) is 26.0 Å². The Kier molecular flexibility index (Phi) is 5.46. The van der Waals surface area contributed by atoms with Crippen molar-refractivity contribution in [3.05, 3.63) is 29.3 Å². The summed E-state index contributed by atoms with van der Waals surface area (Å²) in [6, 6.07) is 4.81. The Morgan fingerprint density at radius 1 is 1.19 bits per heavy atom. The molecule has 1 aromatic carbocycles. The highest BCUT2D eigenvalue weighted by atomic mass is 32.2. The molecule has 2 atom stereocenters. The number of nitrogens with zero attached hydrogens (tertiary/aromatic N) is 2. The van der Waals surface area contributed by atoms with Crippen LogP contribution < -0.4 is 4.31 Å². The van der Waals surface area contributed by atoms with E-state index in [4.69, 9.17) is 4.74 Å². The van der Waals surface area contributed by atoms with Crippen LogP contribution in [0.1, 0.15) is 36.2 Å². The summed E-state index contributed by atoms with van der Waals surface area (Å²) in [5.74, 6) is 0.152. The second-order valence-corrected chi connectivity index (χ2v) is 9.66. The van der Waals surface area contributed by atoms with Gasteiger partial charge < -0.3 is 9.64 Å². The number of anilines is 1. The van der Waals surface area contributed by atoms with Crippen LogP contribution in [0.15, 0.2) is 18.2 Å². The van der Waals surface area contributed by atoms with E-state index in [0.717, 1.165) is 18.2 Å². The molecule has 0 radical (unpaired) electrons. The number of likely N-dealkylation sites (tertiary alicyclic amines) is 1. The number of esters is 1. The van der Waals surface area contributed by atoms with E-state index in [1.807, 2.05) is 0 Å². The summed E-state index contributed by atoms with van der Waals surface area (Å²) in [4.78, 5) is 26.4. The van der Waals surface area contributed by atoms with Crippen molar-refractivity contribution >= 4 is 27.6 Å². The molecule has 3 rings (SSSR count). The number of hydrogen-bond donors (Lipinski definition) is 0. The van der Waals surface area contributed by atoms with Gasteiger partial charge in [0.05, 0.1) is 17.5 Å². The average molecular weight is 394 g/mol. The molecule has 0 saturated carbocycles. The predicted octanol–water partition coefficient (Wildman–Crippen LogP) is 1.67. The zero-order valence-electron chi connectivity index (χ0n) is 16.0. The highest BCUT2D eigenvalue weighted by Crippen LogP contribution is 2.31. The van der Waals surface area contributed by atoms with Gasteiger partial charge in [0.15, 0.2) is 6.61 Å². The van der Waals surface area contributed by atoms with E-state index < -0.39 is 16.0 Å². The summed E-state index contributed by atoms with van der Waals surface area (Å²) in [5.41, 5.74) is 1.72. The number of piperidine rings is 1. The van der Waals surface area contributed by atoms with Gasteiger partial charge in [0.1, 0.15) is 0 Å². The third kappa shape index (κ3) is 4.43. The highest BCUT2D eigenvalue weighted by Gasteiger charge is 2.28. The van der Waals surface area contributed by atoms with Gasteiger partial charge in [0.2, 0.25) is 10.0 Å². The van der Waals surface area contributed by atoms with E-state index in [0.29, 0.717) is 49.1 Å². The van der Waals surface area contributed by atoms with Gasteiger partial charge in [0, 0.05) is 19.6 Å². The molecule has 0 bridgehead atoms. The first-order chi connectivity index (χ1) is 12.6. The predicted molar refractivity (Wildman–Crippen MR) is 102 cm³/mol. The minimum absolute atomic E-state index is 0.175. The molecule has 2 heterocycles. The van der Waals surface area contributed by atoms with Crippen molar-refractivity contribution in [2.75, 3.05) is 36.8 Å². The van der Waals surface area contributed by atoms with E-state index in [1.165, 1.54) is 4.31 Å². The fourth-order valence-corrected chi connectivity index (χ4v) is 4.97. The molecule has 148 valence electrons. The summed E-state index contributed by atoms with van der Waals surface area (Å²) < 4.78 is 30.1. The average Bonchev–Trinajstić information content (AvgIpc) is 3.01. The maximum Gasteiger partial charge on any atom is 0.338 e. The van der Waals surface area contributed by atoms with Gasteiger partial charge >= 0.3 is 5.97 Å². The van der Waals surface area contributed by atoms with Crippen molar-refractivity contribution in [1.82, 2.24) is 4.90 Å². The number of benzene rings is 1. The van der Waals surface area contributed by atoms with E-state index in [9.17, 15) is 18.0 Å². The summed E-state index contributed by atoms with van der Waals surface area (Å²) >= 11 is 0. The zero-order chi connectivity index (χ0) is 19.8. The molecule has 27 heavy (non-hydrogen) atoms. The Morgan fingerprint density at radius 2 is 1.85 bits per heavy atom. The number of fused-ring (bicyclic) bond motifs is 1. The molecule has 0 spiro atoms. The number of carbonyl (C=O) groups excluding carboxylic acids is 2. The number of rotatable bonds is 4. The smallest absolute Gasteiger partial charge is 0.338 e. The van der Waals surface area contributed by atoms with Gasteiger partial charge in [-0.1, -0.05) is 13.8 Å². The van der Waals surface area contributed by atoms with E-state index >= 15 is 0 Å². The Hall–Kier alpha value is -2.09. The lowest BCUT2D eigenvalue weighted by molar-refractivity contribution is -0.137. The van der Waals surface area contributed by atoms with Crippen molar-refractivity contribution < 1.29 is 22.7 Å². The molecular formula is C19H26N2O5S. The van der Waals surface area contributed by atoms with E-state index in [-0.39, 0.29) is 12.5 Å². The van der Waals surface area contributed by atoms with Crippen molar-refractivity contribution in [1.29, 1.82) is 0 Å². The number of carbonyl (C=O) groups is 2. The van der Waals surface area contributed by atoms with Crippen LogP contribution in [0.5, 0.6) is 0 Å². The molecule has 1 amide bonds. The lowest BCUT2D eigenvalue weighted by Gasteiger charge is -2.34. The van der Waals surface area contributed by atoms with Crippen LogP contribution in [0.4, 0.5) is 5.69 Å². The Labute approximate surface area is 160 Å². The molecule has 2 aliphatic rings. The Morgan fingerprint density at radius 3 is 2.48 bits per heavy atom. The zero-order valence-corrected chi connectivity index (χ0v) is 16.8. The molecule has 1 fully saturated rings. The van der Waals surface area contributed by atoms with Crippen LogP contribution >= 0.6 is 0 Å². The molecule has 1 aromatic rings. The summed E-state index contributed by atoms with van der Waals surface area (Å²) in [5, 5.41) is 0. The topological polar surface area (TPSA) is 84.0 Å². The fraction of sp³-hybridized carbons (Fsp3) is 0.579. The van der Waals surface area contributed by atoms with Crippen molar-refractivity contribution in [3.8, 4) is 0 Å². The van der Waals surface area contributed by atoms with Crippen molar-refractivity contribution in [2.24, 2.45) is 11.8 Å². The lowest BCUT2D eigenvalue weighted by Crippen LogP contribution is -2.44. The first-order valence-corrected chi connectivity index (χ1v) is 11.1. The molecule has 0 N–H and O–H groups in total. The fourth-order valence-electron chi connectivity index (χ4n) is 4.01. The molecule has 1 saturated heterocycles. The molecule has 2 aliphatic heterocycles. The van der Waals surface area contributed by atoms with Gasteiger partial charge in [-0.2, -0.15) is 0 Å². The molecule has 0 aromatic heterocycles. The molecule has 0 unspecified atom stereocenters. The highest BCUT2D eigenvalue weighted by molar-refractivity contribution is 7.92. The second kappa shape index (κ2) is 7.50. The molecule has 8 heteroatoms. The van der Waals surface area contributed by atoms with Gasteiger partial charge in [0.25, 0.3) is 5.91 Å². The summed E-state index contributed by atoms with van der Waals surface area (Å²) in [6.45, 7) is 5.72. The quantitative estimate of drug-likeness (QED) is 0.726. The van der Waals surface area contributed by atoms with Crippen LogP contribution in [0.2, 0.25) is 0 Å². The number of hydrogen-bond acceptors (Lipinski definition) is 5. The first kappa shape index (κ1) is 19.7. The Balaban J connectivity index is 1.61. The van der Waals surface area contributed by atoms with Gasteiger partial charge in [-0.25, -0.2) is 13.2 Å². The summed E-state index contributed by atoms with van der Waals surface area (Å²) in [7, 11) is -3.33. The van der Waals surface area contributed by atoms with Gasteiger partial charge in [-0.3, -0.25) is 9.10 Å². The van der Waals surface area contributed by atoms with Crippen molar-refractivity contribution in [2.45, 2.75) is 26.7 Å². The number of ether oxygens (including phenoxy) is 1. The molecular weight excluding hydrogens is 368 g/mol. The minimum atomic E-state index is -3.33. The maximum atomic E-state index is 12.3. The van der Waals surface area contributed by atoms with Crippen LogP contribution in [-0.4, -0.2) is 57.7 Å². The van der Waals surface area contributed by atoms with Crippen molar-refractivity contribution in [3.63, 3.8) is 0 Å². The SMILES string of the molecule is C[C@@H]1C[C@H](C)CN(C(=O)COC(=O)c2ccc3c(c2)CCN3S(C)(=O)=O)C1. The minimum Gasteiger partial charge on any atom is -0.452 e.